The van der Waals surface area contributed by atoms with E-state index in [-0.39, 0.29) is 34.2 Å². The van der Waals surface area contributed by atoms with E-state index in [1.807, 2.05) is 11.9 Å². The topological polar surface area (TPSA) is 154 Å². The van der Waals surface area contributed by atoms with Crippen molar-refractivity contribution < 1.29 is 33.3 Å². The Kier molecular flexibility index (Phi) is 7.93. The summed E-state index contributed by atoms with van der Waals surface area (Å²) < 4.78 is 41.6. The lowest BCUT2D eigenvalue weighted by molar-refractivity contribution is 0.0696. The average molecular weight is 592 g/mol. The third-order valence-electron chi connectivity index (χ3n) is 6.18. The number of nitrogens with one attached hydrogen (secondary N) is 1. The Morgan fingerprint density at radius 1 is 1.02 bits per heavy atom. The number of likely N-dealkylation sites (N-methyl/N-ethyl adjacent to an activating group) is 1. The number of nitrogens with two attached hydrogens (primary N) is 1. The maximum absolute atomic E-state index is 15.5. The number of hydrogen-bond donors (Lipinski definition) is 4. The second kappa shape index (κ2) is 11.7. The zero-order chi connectivity index (χ0) is 30.0. The normalized spacial score (nSPS) is 12.6. The van der Waals surface area contributed by atoms with E-state index >= 15 is 4.39 Å². The van der Waals surface area contributed by atoms with Crippen molar-refractivity contribution in [3.05, 3.63) is 95.2 Å². The van der Waals surface area contributed by atoms with Crippen LogP contribution in [0.4, 0.5) is 8.78 Å². The van der Waals surface area contributed by atoms with Crippen LogP contribution in [0.1, 0.15) is 21.5 Å². The highest BCUT2D eigenvalue weighted by Crippen LogP contribution is 2.39. The summed E-state index contributed by atoms with van der Waals surface area (Å²) in [6, 6.07) is 15.2. The number of benzene rings is 3. The minimum absolute atomic E-state index is 0.115. The van der Waals surface area contributed by atoms with Gasteiger partial charge in [0, 0.05) is 28.9 Å². The van der Waals surface area contributed by atoms with E-state index in [1.54, 1.807) is 30.3 Å². The number of carbonyl (C=O) groups is 1. The molecule has 0 bridgehead atoms. The number of phenolic OH excluding ortho intramolecular Hbond substituents is 1. The van der Waals surface area contributed by atoms with Crippen LogP contribution in [0.2, 0.25) is 0 Å². The maximum Gasteiger partial charge on any atom is 0.335 e. The Labute approximate surface area is 242 Å². The monoisotopic (exact) mass is 591 g/mol. The zero-order valence-electron chi connectivity index (χ0n) is 22.0. The molecule has 10 nitrogen and oxygen atoms in total. The fourth-order valence-electron chi connectivity index (χ4n) is 4.04. The molecule has 1 aromatic heterocycles. The van der Waals surface area contributed by atoms with Crippen LogP contribution in [0.25, 0.3) is 0 Å². The molecule has 2 heterocycles. The summed E-state index contributed by atoms with van der Waals surface area (Å²) in [5.74, 6) is -5.07. The second-order valence-corrected chi connectivity index (χ2v) is 10.2. The molecule has 42 heavy (non-hydrogen) atoms. The van der Waals surface area contributed by atoms with Gasteiger partial charge in [-0.25, -0.2) is 14.2 Å². The van der Waals surface area contributed by atoms with Crippen LogP contribution in [0.3, 0.4) is 0 Å². The first-order chi connectivity index (χ1) is 20.1. The Bertz CT molecular complexity index is 1730. The molecule has 0 amide bonds. The maximum atomic E-state index is 15.5. The molecular weight excluding hydrogens is 568 g/mol. The summed E-state index contributed by atoms with van der Waals surface area (Å²) in [6.07, 6.45) is 0.726. The van der Waals surface area contributed by atoms with Crippen molar-refractivity contribution in [1.82, 2.24) is 9.88 Å². The fraction of sp³-hybridized carbons (Fsp3) is 0.103. The van der Waals surface area contributed by atoms with E-state index in [0.29, 0.717) is 24.5 Å². The Morgan fingerprint density at radius 2 is 1.74 bits per heavy atom. The predicted octanol–water partition coefficient (Wildman–Crippen LogP) is 5.48. The summed E-state index contributed by atoms with van der Waals surface area (Å²) in [4.78, 5) is 22.8. The summed E-state index contributed by atoms with van der Waals surface area (Å²) in [6.45, 7) is 1.17. The quantitative estimate of drug-likeness (QED) is 0.146. The first kappa shape index (κ1) is 28.4. The van der Waals surface area contributed by atoms with Gasteiger partial charge in [0.1, 0.15) is 17.4 Å². The summed E-state index contributed by atoms with van der Waals surface area (Å²) in [5, 5.41) is 26.9. The Balaban J connectivity index is 1.48. The van der Waals surface area contributed by atoms with Crippen LogP contribution >= 0.6 is 11.8 Å². The molecular formula is C29H23F2N5O5S. The van der Waals surface area contributed by atoms with Gasteiger partial charge in [0.15, 0.2) is 17.3 Å². The summed E-state index contributed by atoms with van der Waals surface area (Å²) >= 11 is 1.36. The molecule has 3 aromatic carbocycles. The molecule has 0 radical (unpaired) electrons. The van der Waals surface area contributed by atoms with Gasteiger partial charge in [-0.15, -0.1) is 0 Å². The lowest BCUT2D eigenvalue weighted by atomic mass is 10.1. The van der Waals surface area contributed by atoms with Crippen molar-refractivity contribution >= 4 is 29.4 Å². The smallest absolute Gasteiger partial charge is 0.335 e. The lowest BCUT2D eigenvalue weighted by Gasteiger charge is -2.19. The summed E-state index contributed by atoms with van der Waals surface area (Å²) in [7, 11) is 1.83. The van der Waals surface area contributed by atoms with Crippen LogP contribution < -0.4 is 15.2 Å². The molecule has 4 aromatic rings. The number of nitrogen functional groups attached to an aromatic ring is 1. The molecule has 5 N–H and O–H groups in total. The highest BCUT2D eigenvalue weighted by atomic mass is 32.2. The lowest BCUT2D eigenvalue weighted by Crippen LogP contribution is -2.24. The SMILES string of the molecule is CN1CCN=C1c1cc(Sc2ccc(C(=O)O)cc2)ccc1Oc1c(F)cnc(Oc2cc(C(=N)N)ccc2O)c1F. The number of aromatic nitrogens is 1. The van der Waals surface area contributed by atoms with Gasteiger partial charge in [-0.3, -0.25) is 10.4 Å². The minimum atomic E-state index is -1.26. The number of phenols is 1. The number of carboxylic acid groups (broad SMARTS) is 1. The van der Waals surface area contributed by atoms with Gasteiger partial charge in [0.25, 0.3) is 5.88 Å². The van der Waals surface area contributed by atoms with Crippen molar-refractivity contribution in [3.8, 4) is 28.9 Å². The number of aromatic carboxylic acids is 1. The number of aliphatic imine (C=N–C) groups is 1. The van der Waals surface area contributed by atoms with E-state index in [4.69, 9.17) is 25.7 Å². The van der Waals surface area contributed by atoms with Crippen molar-refractivity contribution in [2.75, 3.05) is 20.1 Å². The number of nitrogens with zero attached hydrogens (tertiary/aromatic N) is 3. The third-order valence-corrected chi connectivity index (χ3v) is 7.17. The van der Waals surface area contributed by atoms with Crippen LogP contribution in [-0.4, -0.2) is 57.9 Å². The minimum Gasteiger partial charge on any atom is -0.504 e. The van der Waals surface area contributed by atoms with Gasteiger partial charge in [-0.05, 0) is 60.7 Å². The second-order valence-electron chi connectivity index (χ2n) is 9.07. The van der Waals surface area contributed by atoms with E-state index in [0.717, 1.165) is 16.0 Å². The van der Waals surface area contributed by atoms with Crippen LogP contribution in [-0.2, 0) is 0 Å². The predicted molar refractivity (Wildman–Crippen MR) is 151 cm³/mol. The fourth-order valence-corrected chi connectivity index (χ4v) is 4.89. The van der Waals surface area contributed by atoms with Crippen LogP contribution in [0.5, 0.6) is 28.9 Å². The van der Waals surface area contributed by atoms with E-state index in [2.05, 4.69) is 9.98 Å². The Morgan fingerprint density at radius 3 is 2.40 bits per heavy atom. The van der Waals surface area contributed by atoms with Crippen LogP contribution in [0.15, 0.2) is 81.6 Å². The number of pyridine rings is 1. The van der Waals surface area contributed by atoms with Gasteiger partial charge in [0.2, 0.25) is 11.6 Å². The van der Waals surface area contributed by atoms with Gasteiger partial charge < -0.3 is 30.3 Å². The molecule has 0 atom stereocenters. The number of amidine groups is 2. The van der Waals surface area contributed by atoms with E-state index < -0.39 is 29.2 Å². The van der Waals surface area contributed by atoms with E-state index in [1.165, 1.54) is 42.1 Å². The molecule has 0 saturated heterocycles. The van der Waals surface area contributed by atoms with E-state index in [9.17, 15) is 14.3 Å². The van der Waals surface area contributed by atoms with Crippen molar-refractivity contribution in [2.24, 2.45) is 10.7 Å². The first-order valence-corrected chi connectivity index (χ1v) is 13.2. The largest absolute Gasteiger partial charge is 0.504 e. The van der Waals surface area contributed by atoms with Crippen LogP contribution in [0, 0.1) is 17.0 Å². The average Bonchev–Trinajstić information content (AvgIpc) is 3.39. The zero-order valence-corrected chi connectivity index (χ0v) is 22.8. The number of aromatic hydroxyl groups is 1. The number of halogens is 2. The van der Waals surface area contributed by atoms with Gasteiger partial charge in [0.05, 0.1) is 23.9 Å². The van der Waals surface area contributed by atoms with Crippen molar-refractivity contribution in [3.63, 3.8) is 0 Å². The van der Waals surface area contributed by atoms with Crippen molar-refractivity contribution in [1.29, 1.82) is 5.41 Å². The molecule has 0 unspecified atom stereocenters. The Hall–Kier alpha value is -5.17. The van der Waals surface area contributed by atoms with Gasteiger partial charge >= 0.3 is 5.97 Å². The molecule has 0 aliphatic carbocycles. The molecule has 1 aliphatic heterocycles. The molecule has 1 aliphatic rings. The summed E-state index contributed by atoms with van der Waals surface area (Å²) in [5.41, 5.74) is 6.34. The molecule has 13 heteroatoms. The highest BCUT2D eigenvalue weighted by Gasteiger charge is 2.25. The standard InChI is InChI=1S/C29H23F2N5O5S/c1-36-11-10-34-27(36)19-13-18(42-17-5-2-15(3-6-17)29(38)39)7-9-22(19)40-25-20(30)14-35-28(24(25)31)41-23-12-16(26(32)33)4-8-21(23)37/h2-9,12-14,37H,10-11H2,1H3,(H3,32,33)(H,38,39). The van der Waals surface area contributed by atoms with Crippen molar-refractivity contribution in [2.45, 2.75) is 9.79 Å². The molecule has 0 spiro atoms. The van der Waals surface area contributed by atoms with Gasteiger partial charge in [-0.2, -0.15) is 4.39 Å². The number of ether oxygens (including phenoxy) is 2. The number of carboxylic acids is 1. The number of rotatable bonds is 9. The highest BCUT2D eigenvalue weighted by molar-refractivity contribution is 7.99. The third kappa shape index (κ3) is 5.95. The molecule has 0 saturated carbocycles. The molecule has 0 fully saturated rings. The molecule has 5 rings (SSSR count). The number of hydrogen-bond acceptors (Lipinski definition) is 9. The molecule has 214 valence electrons. The van der Waals surface area contributed by atoms with Gasteiger partial charge in [-0.1, -0.05) is 11.8 Å². The first-order valence-electron chi connectivity index (χ1n) is 12.4.